The fourth-order valence-electron chi connectivity index (χ4n) is 1.52. The van der Waals surface area contributed by atoms with Gasteiger partial charge in [-0.05, 0) is 19.4 Å². The lowest BCUT2D eigenvalue weighted by Gasteiger charge is -2.01. The number of hydrogen-bond donors (Lipinski definition) is 2. The van der Waals surface area contributed by atoms with E-state index in [9.17, 15) is 4.79 Å². The topological polar surface area (TPSA) is 118 Å². The van der Waals surface area contributed by atoms with Crippen LogP contribution in [0.3, 0.4) is 0 Å². The Balaban J connectivity index is 1.96. The Hall–Kier alpha value is -1.89. The molecule has 2 heterocycles. The standard InChI is InChI=1S/C12H13N5O2S2/c1-6-7(2)21-11(8(6)3-13)15-9(18)5-20-12-17-16-10(4-14)19-12/h4-5,14H2,1-2H3,(H,15,18). The smallest absolute Gasteiger partial charge is 0.277 e. The Morgan fingerprint density at radius 2 is 2.29 bits per heavy atom. The minimum absolute atomic E-state index is 0.118. The van der Waals surface area contributed by atoms with Gasteiger partial charge in [0.2, 0.25) is 11.8 Å². The molecule has 0 bridgehead atoms. The molecule has 0 radical (unpaired) electrons. The lowest BCUT2D eigenvalue weighted by atomic mass is 10.2. The third-order valence-electron chi connectivity index (χ3n) is 2.70. The first-order valence-electron chi connectivity index (χ1n) is 6.00. The van der Waals surface area contributed by atoms with Gasteiger partial charge in [0.1, 0.15) is 11.1 Å². The molecule has 0 spiro atoms. The first kappa shape index (κ1) is 15.5. The Kier molecular flexibility index (Phi) is 4.95. The van der Waals surface area contributed by atoms with Gasteiger partial charge in [-0.15, -0.1) is 21.5 Å². The van der Waals surface area contributed by atoms with Gasteiger partial charge in [0.15, 0.2) is 0 Å². The Labute approximate surface area is 129 Å². The predicted octanol–water partition coefficient (Wildman–Crippen LogP) is 1.81. The van der Waals surface area contributed by atoms with E-state index in [4.69, 9.17) is 15.4 Å². The summed E-state index contributed by atoms with van der Waals surface area (Å²) in [6.07, 6.45) is 0. The number of carbonyl (C=O) groups excluding carboxylic acids is 1. The molecular formula is C12H13N5O2S2. The first-order valence-corrected chi connectivity index (χ1v) is 7.80. The van der Waals surface area contributed by atoms with Crippen molar-refractivity contribution in [3.05, 3.63) is 21.9 Å². The number of hydrogen-bond acceptors (Lipinski definition) is 8. The van der Waals surface area contributed by atoms with E-state index in [0.29, 0.717) is 21.7 Å². The van der Waals surface area contributed by atoms with E-state index in [0.717, 1.165) is 22.2 Å². The number of nitrogens with zero attached hydrogens (tertiary/aromatic N) is 3. The zero-order chi connectivity index (χ0) is 15.4. The highest BCUT2D eigenvalue weighted by molar-refractivity contribution is 7.99. The quantitative estimate of drug-likeness (QED) is 0.805. The number of nitrogens with one attached hydrogen (secondary N) is 1. The highest BCUT2D eigenvalue weighted by atomic mass is 32.2. The third-order valence-corrected chi connectivity index (χ3v) is 4.64. The maximum Gasteiger partial charge on any atom is 0.277 e. The molecule has 3 N–H and O–H groups in total. The van der Waals surface area contributed by atoms with Crippen molar-refractivity contribution in [1.29, 1.82) is 5.26 Å². The number of anilines is 1. The average molecular weight is 323 g/mol. The Bertz CT molecular complexity index is 701. The van der Waals surface area contributed by atoms with Gasteiger partial charge in [0.25, 0.3) is 5.22 Å². The van der Waals surface area contributed by atoms with E-state index in [2.05, 4.69) is 21.6 Å². The number of aryl methyl sites for hydroxylation is 1. The maximum atomic E-state index is 11.9. The number of nitrogens with two attached hydrogens (primary N) is 1. The number of carbonyl (C=O) groups is 1. The van der Waals surface area contributed by atoms with Gasteiger partial charge >= 0.3 is 0 Å². The van der Waals surface area contributed by atoms with E-state index in [1.165, 1.54) is 11.3 Å². The summed E-state index contributed by atoms with van der Waals surface area (Å²) in [7, 11) is 0. The second-order valence-electron chi connectivity index (χ2n) is 4.10. The van der Waals surface area contributed by atoms with Gasteiger partial charge in [-0.3, -0.25) is 4.79 Å². The van der Waals surface area contributed by atoms with Crippen molar-refractivity contribution < 1.29 is 9.21 Å². The zero-order valence-corrected chi connectivity index (χ0v) is 13.1. The number of rotatable bonds is 5. The SMILES string of the molecule is Cc1sc(NC(=O)CSc2nnc(CN)o2)c(C#N)c1C. The molecule has 9 heteroatoms. The molecule has 0 unspecified atom stereocenters. The minimum Gasteiger partial charge on any atom is -0.415 e. The summed E-state index contributed by atoms with van der Waals surface area (Å²) in [5.74, 6) is 0.215. The monoisotopic (exact) mass is 323 g/mol. The summed E-state index contributed by atoms with van der Waals surface area (Å²) < 4.78 is 5.19. The molecule has 0 saturated carbocycles. The van der Waals surface area contributed by atoms with E-state index < -0.39 is 0 Å². The van der Waals surface area contributed by atoms with Gasteiger partial charge in [-0.2, -0.15) is 5.26 Å². The largest absolute Gasteiger partial charge is 0.415 e. The number of nitriles is 1. The van der Waals surface area contributed by atoms with Gasteiger partial charge in [-0.1, -0.05) is 11.8 Å². The van der Waals surface area contributed by atoms with E-state index in [-0.39, 0.29) is 18.2 Å². The van der Waals surface area contributed by atoms with Crippen molar-refractivity contribution in [3.63, 3.8) is 0 Å². The molecule has 0 aliphatic heterocycles. The molecule has 0 atom stereocenters. The molecule has 2 aromatic rings. The van der Waals surface area contributed by atoms with Crippen molar-refractivity contribution in [3.8, 4) is 6.07 Å². The van der Waals surface area contributed by atoms with Crippen molar-refractivity contribution in [1.82, 2.24) is 10.2 Å². The lowest BCUT2D eigenvalue weighted by Crippen LogP contribution is -2.13. The Morgan fingerprint density at radius 1 is 1.52 bits per heavy atom. The van der Waals surface area contributed by atoms with Crippen molar-refractivity contribution in [2.24, 2.45) is 5.73 Å². The highest BCUT2D eigenvalue weighted by Gasteiger charge is 2.15. The molecule has 1 amide bonds. The molecule has 2 rings (SSSR count). The second-order valence-corrected chi connectivity index (χ2v) is 6.25. The fraction of sp³-hybridized carbons (Fsp3) is 0.333. The number of thioether (sulfide) groups is 1. The van der Waals surface area contributed by atoms with Gasteiger partial charge in [0.05, 0.1) is 17.9 Å². The van der Waals surface area contributed by atoms with E-state index >= 15 is 0 Å². The maximum absolute atomic E-state index is 11.9. The first-order chi connectivity index (χ1) is 10.0. The van der Waals surface area contributed by atoms with Crippen LogP contribution in [0.15, 0.2) is 9.64 Å². The zero-order valence-electron chi connectivity index (χ0n) is 11.5. The molecule has 110 valence electrons. The summed E-state index contributed by atoms with van der Waals surface area (Å²) in [5.41, 5.74) is 6.77. The highest BCUT2D eigenvalue weighted by Crippen LogP contribution is 2.31. The van der Waals surface area contributed by atoms with E-state index in [1.54, 1.807) is 0 Å². The van der Waals surface area contributed by atoms with Crippen LogP contribution < -0.4 is 11.1 Å². The molecular weight excluding hydrogens is 310 g/mol. The predicted molar refractivity (Wildman–Crippen MR) is 80.1 cm³/mol. The molecule has 0 aliphatic rings. The Morgan fingerprint density at radius 3 is 2.90 bits per heavy atom. The lowest BCUT2D eigenvalue weighted by molar-refractivity contribution is -0.113. The molecule has 0 aromatic carbocycles. The average Bonchev–Trinajstić information content (AvgIpc) is 3.02. The van der Waals surface area contributed by atoms with Crippen molar-refractivity contribution >= 4 is 34.0 Å². The van der Waals surface area contributed by atoms with Crippen LogP contribution in [-0.4, -0.2) is 21.9 Å². The van der Waals surface area contributed by atoms with Crippen LogP contribution in [0.25, 0.3) is 0 Å². The molecule has 0 aliphatic carbocycles. The fourth-order valence-corrected chi connectivity index (χ4v) is 3.13. The van der Waals surface area contributed by atoms with Crippen molar-refractivity contribution in [2.75, 3.05) is 11.1 Å². The van der Waals surface area contributed by atoms with Gasteiger partial charge in [0, 0.05) is 4.88 Å². The van der Waals surface area contributed by atoms with Crippen LogP contribution in [0.4, 0.5) is 5.00 Å². The molecule has 0 fully saturated rings. The van der Waals surface area contributed by atoms with Gasteiger partial charge in [-0.25, -0.2) is 0 Å². The second kappa shape index (κ2) is 6.71. The summed E-state index contributed by atoms with van der Waals surface area (Å²) in [6, 6.07) is 2.11. The summed E-state index contributed by atoms with van der Waals surface area (Å²) >= 11 is 2.51. The van der Waals surface area contributed by atoms with Crippen LogP contribution in [0.1, 0.15) is 21.9 Å². The normalized spacial score (nSPS) is 10.4. The summed E-state index contributed by atoms with van der Waals surface area (Å²) in [5, 5.41) is 20.2. The van der Waals surface area contributed by atoms with Crippen LogP contribution in [0, 0.1) is 25.2 Å². The molecule has 7 nitrogen and oxygen atoms in total. The third kappa shape index (κ3) is 3.60. The van der Waals surface area contributed by atoms with Gasteiger partial charge < -0.3 is 15.5 Å². The molecule has 0 saturated heterocycles. The van der Waals surface area contributed by atoms with Crippen LogP contribution in [0.2, 0.25) is 0 Å². The van der Waals surface area contributed by atoms with Crippen LogP contribution in [0.5, 0.6) is 0 Å². The molecule has 2 aromatic heterocycles. The molecule has 21 heavy (non-hydrogen) atoms. The summed E-state index contributed by atoms with van der Waals surface area (Å²) in [4.78, 5) is 12.9. The van der Waals surface area contributed by atoms with Crippen LogP contribution >= 0.6 is 23.1 Å². The van der Waals surface area contributed by atoms with E-state index in [1.807, 2.05) is 13.8 Å². The number of aromatic nitrogens is 2. The number of amides is 1. The van der Waals surface area contributed by atoms with Crippen LogP contribution in [-0.2, 0) is 11.3 Å². The minimum atomic E-state index is -0.231. The number of thiophene rings is 1. The van der Waals surface area contributed by atoms with Crippen molar-refractivity contribution in [2.45, 2.75) is 25.6 Å². The summed E-state index contributed by atoms with van der Waals surface area (Å²) in [6.45, 7) is 3.94.